The van der Waals surface area contributed by atoms with E-state index in [4.69, 9.17) is 4.74 Å². The number of rotatable bonds is 7. The quantitative estimate of drug-likeness (QED) is 0.601. The minimum absolute atomic E-state index is 0.125. The molecule has 0 spiro atoms. The Morgan fingerprint density at radius 1 is 1.21 bits per heavy atom. The van der Waals surface area contributed by atoms with E-state index in [0.29, 0.717) is 18.7 Å². The van der Waals surface area contributed by atoms with Crippen LogP contribution in [0.5, 0.6) is 5.75 Å². The van der Waals surface area contributed by atoms with E-state index in [1.807, 2.05) is 24.3 Å². The molecule has 0 saturated carbocycles. The van der Waals surface area contributed by atoms with Crippen LogP contribution in [0, 0.1) is 10.1 Å². The first-order valence-electron chi connectivity index (χ1n) is 7.42. The zero-order valence-electron chi connectivity index (χ0n) is 13.5. The molecule has 2 aromatic carbocycles. The van der Waals surface area contributed by atoms with Gasteiger partial charge in [-0.1, -0.05) is 12.1 Å². The van der Waals surface area contributed by atoms with Crippen LogP contribution in [0.25, 0.3) is 0 Å². The SMILES string of the molecule is CNc1ccc(C(=O)NCCc2ccc(OC)cc2)cc1[N+](=O)[O-]. The van der Waals surface area contributed by atoms with Crippen molar-refractivity contribution in [3.63, 3.8) is 0 Å². The number of carbonyl (C=O) groups is 1. The lowest BCUT2D eigenvalue weighted by Crippen LogP contribution is -2.25. The van der Waals surface area contributed by atoms with Gasteiger partial charge in [0, 0.05) is 25.2 Å². The molecule has 0 radical (unpaired) electrons. The highest BCUT2D eigenvalue weighted by Gasteiger charge is 2.16. The van der Waals surface area contributed by atoms with Crippen LogP contribution in [0.15, 0.2) is 42.5 Å². The Morgan fingerprint density at radius 3 is 2.50 bits per heavy atom. The van der Waals surface area contributed by atoms with E-state index < -0.39 is 4.92 Å². The summed E-state index contributed by atoms with van der Waals surface area (Å²) in [6, 6.07) is 11.9. The number of ether oxygens (including phenoxy) is 1. The molecule has 7 nitrogen and oxygen atoms in total. The normalized spacial score (nSPS) is 10.1. The Hall–Kier alpha value is -3.09. The second kappa shape index (κ2) is 7.96. The first-order valence-corrected chi connectivity index (χ1v) is 7.42. The zero-order valence-corrected chi connectivity index (χ0v) is 13.5. The molecule has 2 aromatic rings. The van der Waals surface area contributed by atoms with Crippen LogP contribution in [-0.4, -0.2) is 31.5 Å². The van der Waals surface area contributed by atoms with E-state index in [0.717, 1.165) is 11.3 Å². The van der Waals surface area contributed by atoms with Crippen molar-refractivity contribution in [3.8, 4) is 5.75 Å². The molecule has 0 aliphatic heterocycles. The maximum absolute atomic E-state index is 12.1. The number of methoxy groups -OCH3 is 1. The number of carbonyl (C=O) groups excluding carboxylic acids is 1. The van der Waals surface area contributed by atoms with Gasteiger partial charge in [0.25, 0.3) is 11.6 Å². The molecule has 0 atom stereocenters. The summed E-state index contributed by atoms with van der Waals surface area (Å²) in [5.41, 5.74) is 1.57. The minimum atomic E-state index is -0.514. The molecule has 0 bridgehead atoms. The highest BCUT2D eigenvalue weighted by molar-refractivity contribution is 5.95. The highest BCUT2D eigenvalue weighted by Crippen LogP contribution is 2.24. The van der Waals surface area contributed by atoms with Crippen molar-refractivity contribution in [2.24, 2.45) is 0 Å². The highest BCUT2D eigenvalue weighted by atomic mass is 16.6. The summed E-state index contributed by atoms with van der Waals surface area (Å²) in [5, 5.41) is 16.5. The Kier molecular flexibility index (Phi) is 5.73. The van der Waals surface area contributed by atoms with Gasteiger partial charge in [0.05, 0.1) is 12.0 Å². The first-order chi connectivity index (χ1) is 11.5. The average molecular weight is 329 g/mol. The van der Waals surface area contributed by atoms with E-state index in [-0.39, 0.29) is 17.2 Å². The largest absolute Gasteiger partial charge is 0.497 e. The Labute approximate surface area is 139 Å². The Balaban J connectivity index is 1.96. The molecule has 1 amide bonds. The van der Waals surface area contributed by atoms with Gasteiger partial charge in [0.15, 0.2) is 0 Å². The molecule has 0 saturated heterocycles. The van der Waals surface area contributed by atoms with Crippen LogP contribution < -0.4 is 15.4 Å². The lowest BCUT2D eigenvalue weighted by molar-refractivity contribution is -0.384. The number of nitro benzene ring substituents is 1. The number of benzene rings is 2. The molecular weight excluding hydrogens is 310 g/mol. The maximum atomic E-state index is 12.1. The monoisotopic (exact) mass is 329 g/mol. The van der Waals surface area contributed by atoms with E-state index in [9.17, 15) is 14.9 Å². The second-order valence-corrected chi connectivity index (χ2v) is 5.09. The third kappa shape index (κ3) is 4.22. The van der Waals surface area contributed by atoms with Gasteiger partial charge in [0.2, 0.25) is 0 Å². The fraction of sp³-hybridized carbons (Fsp3) is 0.235. The Bertz CT molecular complexity index is 729. The number of hydrogen-bond acceptors (Lipinski definition) is 5. The number of nitrogens with one attached hydrogen (secondary N) is 2. The first kappa shape index (κ1) is 17.3. The third-order valence-electron chi connectivity index (χ3n) is 3.58. The standard InChI is InChI=1S/C17H19N3O4/c1-18-15-8-5-13(11-16(15)20(22)23)17(21)19-10-9-12-3-6-14(24-2)7-4-12/h3-8,11,18H,9-10H2,1-2H3,(H,19,21). The average Bonchev–Trinajstić information content (AvgIpc) is 2.61. The van der Waals surface area contributed by atoms with Crippen molar-refractivity contribution in [1.82, 2.24) is 5.32 Å². The smallest absolute Gasteiger partial charge is 0.293 e. The van der Waals surface area contributed by atoms with Gasteiger partial charge < -0.3 is 15.4 Å². The van der Waals surface area contributed by atoms with Crippen molar-refractivity contribution in [2.45, 2.75) is 6.42 Å². The number of hydrogen-bond donors (Lipinski definition) is 2. The van der Waals surface area contributed by atoms with Crippen molar-refractivity contribution in [3.05, 3.63) is 63.7 Å². The Morgan fingerprint density at radius 2 is 1.92 bits per heavy atom. The molecule has 0 fully saturated rings. The van der Waals surface area contributed by atoms with Crippen molar-refractivity contribution >= 4 is 17.3 Å². The van der Waals surface area contributed by atoms with Gasteiger partial charge in [-0.15, -0.1) is 0 Å². The summed E-state index contributed by atoms with van der Waals surface area (Å²) in [4.78, 5) is 22.7. The molecular formula is C17H19N3O4. The number of nitrogens with zero attached hydrogens (tertiary/aromatic N) is 1. The molecule has 24 heavy (non-hydrogen) atoms. The van der Waals surface area contributed by atoms with E-state index in [2.05, 4.69) is 10.6 Å². The predicted octanol–water partition coefficient (Wildman–Crippen LogP) is 2.62. The van der Waals surface area contributed by atoms with E-state index in [1.165, 1.54) is 12.1 Å². The number of nitro groups is 1. The van der Waals surface area contributed by atoms with Gasteiger partial charge in [0.1, 0.15) is 11.4 Å². The molecule has 2 N–H and O–H groups in total. The molecule has 7 heteroatoms. The maximum Gasteiger partial charge on any atom is 0.293 e. The fourth-order valence-corrected chi connectivity index (χ4v) is 2.25. The lowest BCUT2D eigenvalue weighted by Gasteiger charge is -2.08. The van der Waals surface area contributed by atoms with Crippen LogP contribution in [0.3, 0.4) is 0 Å². The van der Waals surface area contributed by atoms with Gasteiger partial charge in [-0.3, -0.25) is 14.9 Å². The summed E-state index contributed by atoms with van der Waals surface area (Å²) < 4.78 is 5.09. The van der Waals surface area contributed by atoms with E-state index >= 15 is 0 Å². The summed E-state index contributed by atoms with van der Waals surface area (Å²) in [6.07, 6.45) is 0.659. The summed E-state index contributed by atoms with van der Waals surface area (Å²) in [6.45, 7) is 0.437. The molecule has 0 aliphatic rings. The van der Waals surface area contributed by atoms with Crippen LogP contribution in [0.4, 0.5) is 11.4 Å². The number of amides is 1. The topological polar surface area (TPSA) is 93.5 Å². The minimum Gasteiger partial charge on any atom is -0.497 e. The summed E-state index contributed by atoms with van der Waals surface area (Å²) >= 11 is 0. The van der Waals surface area contributed by atoms with Gasteiger partial charge in [-0.05, 0) is 36.2 Å². The molecule has 2 rings (SSSR count). The van der Waals surface area contributed by atoms with Gasteiger partial charge in [-0.25, -0.2) is 0 Å². The molecule has 0 aromatic heterocycles. The van der Waals surface area contributed by atoms with Crippen molar-refractivity contribution < 1.29 is 14.5 Å². The van der Waals surface area contributed by atoms with Crippen molar-refractivity contribution in [2.75, 3.05) is 26.0 Å². The van der Waals surface area contributed by atoms with Gasteiger partial charge in [-0.2, -0.15) is 0 Å². The zero-order chi connectivity index (χ0) is 17.5. The molecule has 126 valence electrons. The molecule has 0 aliphatic carbocycles. The third-order valence-corrected chi connectivity index (χ3v) is 3.58. The fourth-order valence-electron chi connectivity index (χ4n) is 2.25. The molecule has 0 heterocycles. The summed E-state index contributed by atoms with van der Waals surface area (Å²) in [5.74, 6) is 0.439. The van der Waals surface area contributed by atoms with Crippen molar-refractivity contribution in [1.29, 1.82) is 0 Å². The predicted molar refractivity (Wildman–Crippen MR) is 91.7 cm³/mol. The second-order valence-electron chi connectivity index (χ2n) is 5.09. The summed E-state index contributed by atoms with van der Waals surface area (Å²) in [7, 11) is 3.20. The van der Waals surface area contributed by atoms with E-state index in [1.54, 1.807) is 20.2 Å². The van der Waals surface area contributed by atoms with Crippen LogP contribution >= 0.6 is 0 Å². The lowest BCUT2D eigenvalue weighted by atomic mass is 10.1. The van der Waals surface area contributed by atoms with Crippen LogP contribution in [0.2, 0.25) is 0 Å². The van der Waals surface area contributed by atoms with Crippen LogP contribution in [0.1, 0.15) is 15.9 Å². The van der Waals surface area contributed by atoms with Gasteiger partial charge >= 0.3 is 0 Å². The molecule has 0 unspecified atom stereocenters. The number of anilines is 1. The van der Waals surface area contributed by atoms with Crippen LogP contribution in [-0.2, 0) is 6.42 Å².